The molecule has 1 aromatic carbocycles. The van der Waals surface area contributed by atoms with E-state index in [1.807, 2.05) is 30.6 Å². The average molecular weight is 224 g/mol. The lowest BCUT2D eigenvalue weighted by molar-refractivity contribution is 0.415. The summed E-state index contributed by atoms with van der Waals surface area (Å²) in [7, 11) is 1.67. The highest BCUT2D eigenvalue weighted by atomic mass is 16.5. The number of aromatic nitrogens is 1. The molecule has 0 N–H and O–H groups in total. The van der Waals surface area contributed by atoms with Gasteiger partial charge in [-0.15, -0.1) is 0 Å². The second-order valence-corrected chi connectivity index (χ2v) is 3.95. The zero-order valence-electron chi connectivity index (χ0n) is 9.55. The predicted octanol–water partition coefficient (Wildman–Crippen LogP) is 3.02. The molecule has 2 aromatic rings. The molecule has 1 aliphatic heterocycles. The van der Waals surface area contributed by atoms with Gasteiger partial charge in [0.15, 0.2) is 5.82 Å². The van der Waals surface area contributed by atoms with Crippen molar-refractivity contribution in [2.24, 2.45) is 4.99 Å². The van der Waals surface area contributed by atoms with Crippen LogP contribution in [-0.2, 0) is 6.42 Å². The van der Waals surface area contributed by atoms with Crippen LogP contribution in [0.15, 0.2) is 41.5 Å². The Hall–Kier alpha value is -2.16. The minimum absolute atomic E-state index is 0.844. The zero-order valence-corrected chi connectivity index (χ0v) is 9.55. The van der Waals surface area contributed by atoms with Gasteiger partial charge >= 0.3 is 0 Å². The molecule has 0 amide bonds. The lowest BCUT2D eigenvalue weighted by Gasteiger charge is -2.05. The molecule has 0 atom stereocenters. The van der Waals surface area contributed by atoms with Crippen molar-refractivity contribution in [3.05, 3.63) is 42.1 Å². The molecule has 1 aliphatic rings. The van der Waals surface area contributed by atoms with Crippen molar-refractivity contribution in [2.75, 3.05) is 7.11 Å². The molecule has 0 bridgehead atoms. The molecule has 0 radical (unpaired) electrons. The molecule has 3 nitrogen and oxygen atoms in total. The van der Waals surface area contributed by atoms with Crippen molar-refractivity contribution < 1.29 is 4.74 Å². The van der Waals surface area contributed by atoms with Crippen LogP contribution in [-0.4, -0.2) is 18.3 Å². The number of rotatable bonds is 2. The monoisotopic (exact) mass is 224 g/mol. The summed E-state index contributed by atoms with van der Waals surface area (Å²) in [6.07, 6.45) is 4.63. The summed E-state index contributed by atoms with van der Waals surface area (Å²) < 4.78 is 5.22. The van der Waals surface area contributed by atoms with Crippen LogP contribution in [0.5, 0.6) is 5.75 Å². The van der Waals surface area contributed by atoms with E-state index in [4.69, 9.17) is 4.74 Å². The molecular weight excluding hydrogens is 212 g/mol. The number of hydrogen-bond acceptors (Lipinski definition) is 3. The van der Waals surface area contributed by atoms with Crippen LogP contribution in [0.2, 0.25) is 0 Å². The van der Waals surface area contributed by atoms with E-state index in [0.717, 1.165) is 29.1 Å². The molecule has 0 fully saturated rings. The molecule has 0 aliphatic carbocycles. The Morgan fingerprint density at radius 3 is 3.00 bits per heavy atom. The smallest absolute Gasteiger partial charge is 0.155 e. The molecule has 0 spiro atoms. The zero-order chi connectivity index (χ0) is 11.7. The summed E-state index contributed by atoms with van der Waals surface area (Å²) in [4.78, 5) is 8.56. The Morgan fingerprint density at radius 1 is 1.18 bits per heavy atom. The van der Waals surface area contributed by atoms with Crippen molar-refractivity contribution >= 4 is 12.0 Å². The molecule has 0 saturated carbocycles. The minimum atomic E-state index is 0.844. The fourth-order valence-corrected chi connectivity index (χ4v) is 1.96. The van der Waals surface area contributed by atoms with Crippen LogP contribution in [0, 0.1) is 0 Å². The van der Waals surface area contributed by atoms with E-state index < -0.39 is 0 Å². The van der Waals surface area contributed by atoms with Gasteiger partial charge in [0.05, 0.1) is 7.11 Å². The van der Waals surface area contributed by atoms with Gasteiger partial charge in [-0.1, -0.05) is 12.1 Å². The average Bonchev–Trinajstić information content (AvgIpc) is 2.86. The fraction of sp³-hybridized carbons (Fsp3) is 0.143. The highest BCUT2D eigenvalue weighted by molar-refractivity contribution is 5.76. The van der Waals surface area contributed by atoms with E-state index in [0.29, 0.717) is 0 Å². The summed E-state index contributed by atoms with van der Waals surface area (Å²) in [6, 6.07) is 10.1. The normalized spacial score (nSPS) is 12.5. The fourth-order valence-electron chi connectivity index (χ4n) is 1.96. The first-order chi connectivity index (χ1) is 8.36. The third-order valence-corrected chi connectivity index (χ3v) is 2.87. The number of nitrogens with zero attached hydrogens (tertiary/aromatic N) is 2. The van der Waals surface area contributed by atoms with Crippen LogP contribution in [0.1, 0.15) is 5.56 Å². The van der Waals surface area contributed by atoms with Crippen LogP contribution in [0.25, 0.3) is 11.1 Å². The van der Waals surface area contributed by atoms with Gasteiger partial charge in [-0.25, -0.2) is 9.98 Å². The second kappa shape index (κ2) is 4.01. The predicted molar refractivity (Wildman–Crippen MR) is 68.1 cm³/mol. The van der Waals surface area contributed by atoms with Gasteiger partial charge in [-0.3, -0.25) is 0 Å². The number of fused-ring (bicyclic) bond motifs is 1. The summed E-state index contributed by atoms with van der Waals surface area (Å²) in [6.45, 7) is 0. The Bertz CT molecular complexity index is 591. The summed E-state index contributed by atoms with van der Waals surface area (Å²) in [5.41, 5.74) is 3.41. The molecular formula is C14H12N2O. The maximum absolute atomic E-state index is 5.22. The van der Waals surface area contributed by atoms with E-state index in [1.54, 1.807) is 7.11 Å². The molecule has 84 valence electrons. The number of ether oxygens (including phenoxy) is 1. The third kappa shape index (κ3) is 1.80. The lowest BCUT2D eigenvalue weighted by atomic mass is 10.0. The van der Waals surface area contributed by atoms with Crippen molar-refractivity contribution in [2.45, 2.75) is 6.42 Å². The standard InChI is InChI=1S/C14H12N2O/c1-17-13-4-2-3-10(8-13)12-7-11-5-6-15-14(11)16-9-12/h2-4,6-9H,5H2,1H3. The van der Waals surface area contributed by atoms with Gasteiger partial charge in [0, 0.05) is 30.0 Å². The van der Waals surface area contributed by atoms with E-state index in [2.05, 4.69) is 22.1 Å². The molecule has 17 heavy (non-hydrogen) atoms. The Kier molecular flexibility index (Phi) is 2.37. The number of aliphatic imine (C=N–C) groups is 1. The van der Waals surface area contributed by atoms with Crippen LogP contribution in [0.4, 0.5) is 5.82 Å². The van der Waals surface area contributed by atoms with E-state index in [-0.39, 0.29) is 0 Å². The molecule has 3 heteroatoms. The van der Waals surface area contributed by atoms with Crippen LogP contribution < -0.4 is 4.74 Å². The first-order valence-corrected chi connectivity index (χ1v) is 5.53. The van der Waals surface area contributed by atoms with Gasteiger partial charge in [0.2, 0.25) is 0 Å². The van der Waals surface area contributed by atoms with E-state index in [9.17, 15) is 0 Å². The molecule has 1 aromatic heterocycles. The topological polar surface area (TPSA) is 34.5 Å². The van der Waals surface area contributed by atoms with Crippen molar-refractivity contribution in [1.29, 1.82) is 0 Å². The number of pyridine rings is 1. The largest absolute Gasteiger partial charge is 0.497 e. The maximum atomic E-state index is 5.22. The quantitative estimate of drug-likeness (QED) is 0.785. The summed E-state index contributed by atoms with van der Waals surface area (Å²) >= 11 is 0. The maximum Gasteiger partial charge on any atom is 0.155 e. The Labute approximate surface area is 99.8 Å². The van der Waals surface area contributed by atoms with E-state index in [1.165, 1.54) is 5.56 Å². The number of hydrogen-bond donors (Lipinski definition) is 0. The SMILES string of the molecule is COc1cccc(-c2cnc3c(c2)CC=N3)c1. The first-order valence-electron chi connectivity index (χ1n) is 5.53. The molecule has 0 saturated heterocycles. The third-order valence-electron chi connectivity index (χ3n) is 2.87. The molecule has 0 unspecified atom stereocenters. The van der Waals surface area contributed by atoms with Gasteiger partial charge < -0.3 is 4.74 Å². The second-order valence-electron chi connectivity index (χ2n) is 3.95. The van der Waals surface area contributed by atoms with Crippen LogP contribution in [0.3, 0.4) is 0 Å². The van der Waals surface area contributed by atoms with Gasteiger partial charge in [-0.05, 0) is 23.8 Å². The Morgan fingerprint density at radius 2 is 2.12 bits per heavy atom. The van der Waals surface area contributed by atoms with Gasteiger partial charge in [-0.2, -0.15) is 0 Å². The van der Waals surface area contributed by atoms with Gasteiger partial charge in [0.1, 0.15) is 5.75 Å². The number of methoxy groups -OCH3 is 1. The lowest BCUT2D eigenvalue weighted by Crippen LogP contribution is -1.87. The highest BCUT2D eigenvalue weighted by Gasteiger charge is 2.09. The first kappa shape index (κ1) is 10.0. The molecule has 2 heterocycles. The summed E-state index contributed by atoms with van der Waals surface area (Å²) in [5, 5.41) is 0. The van der Waals surface area contributed by atoms with Crippen molar-refractivity contribution in [3.8, 4) is 16.9 Å². The van der Waals surface area contributed by atoms with Crippen molar-refractivity contribution in [3.63, 3.8) is 0 Å². The van der Waals surface area contributed by atoms with Gasteiger partial charge in [0.25, 0.3) is 0 Å². The highest BCUT2D eigenvalue weighted by Crippen LogP contribution is 2.28. The number of benzene rings is 1. The minimum Gasteiger partial charge on any atom is -0.497 e. The summed E-state index contributed by atoms with van der Waals surface area (Å²) in [5.74, 6) is 1.70. The molecule has 3 rings (SSSR count). The van der Waals surface area contributed by atoms with Crippen molar-refractivity contribution in [1.82, 2.24) is 4.98 Å². The Balaban J connectivity index is 2.04. The van der Waals surface area contributed by atoms with E-state index >= 15 is 0 Å². The van der Waals surface area contributed by atoms with Crippen LogP contribution >= 0.6 is 0 Å².